The number of benzene rings is 3. The van der Waals surface area contributed by atoms with Crippen molar-refractivity contribution in [1.29, 1.82) is 0 Å². The molecule has 0 unspecified atom stereocenters. The van der Waals surface area contributed by atoms with Crippen LogP contribution in [0.3, 0.4) is 0 Å². The summed E-state index contributed by atoms with van der Waals surface area (Å²) in [5.41, 5.74) is 2.08. The number of carbonyl (C=O) groups is 1. The van der Waals surface area contributed by atoms with Crippen LogP contribution in [0.2, 0.25) is 0 Å². The highest BCUT2D eigenvalue weighted by atomic mass is 32.2. The molecule has 30 heavy (non-hydrogen) atoms. The Morgan fingerprint density at radius 2 is 1.60 bits per heavy atom. The number of rotatable bonds is 7. The van der Waals surface area contributed by atoms with Gasteiger partial charge in [0.25, 0.3) is 0 Å². The molecule has 1 heterocycles. The third-order valence-corrected chi connectivity index (χ3v) is 6.37. The SMILES string of the molecule is Cc1ccc(S(=O)(=O)N[C@@H](Cc2cc3ccccc3o2)C(=O)c2ccccc2)cc1. The van der Waals surface area contributed by atoms with Gasteiger partial charge in [0.2, 0.25) is 10.0 Å². The summed E-state index contributed by atoms with van der Waals surface area (Å²) in [5, 5.41) is 0.903. The molecule has 3 aromatic carbocycles. The first-order valence-corrected chi connectivity index (χ1v) is 11.1. The lowest BCUT2D eigenvalue weighted by atomic mass is 10.0. The first kappa shape index (κ1) is 20.1. The fourth-order valence-corrected chi connectivity index (χ4v) is 4.50. The number of Topliss-reactive ketones (excluding diaryl/α,β-unsaturated/α-hetero) is 1. The highest BCUT2D eigenvalue weighted by Crippen LogP contribution is 2.21. The Bertz CT molecular complexity index is 1240. The van der Waals surface area contributed by atoms with E-state index in [9.17, 15) is 13.2 Å². The van der Waals surface area contributed by atoms with Gasteiger partial charge in [0, 0.05) is 17.4 Å². The molecule has 0 aliphatic carbocycles. The van der Waals surface area contributed by atoms with Gasteiger partial charge >= 0.3 is 0 Å². The number of aryl methyl sites for hydroxylation is 1. The molecular weight excluding hydrogens is 398 g/mol. The molecular formula is C24H21NO4S. The normalized spacial score (nSPS) is 12.7. The molecule has 0 bridgehead atoms. The Balaban J connectivity index is 1.67. The zero-order valence-electron chi connectivity index (χ0n) is 16.4. The maximum atomic E-state index is 13.2. The van der Waals surface area contributed by atoms with Crippen LogP contribution in [0.1, 0.15) is 21.7 Å². The molecule has 0 aliphatic heterocycles. The third kappa shape index (κ3) is 4.35. The molecule has 4 aromatic rings. The maximum Gasteiger partial charge on any atom is 0.241 e. The Labute approximate surface area is 175 Å². The first-order chi connectivity index (χ1) is 14.4. The van der Waals surface area contributed by atoms with Crippen molar-refractivity contribution in [3.05, 3.63) is 102 Å². The van der Waals surface area contributed by atoms with Crippen LogP contribution in [0.4, 0.5) is 0 Å². The Hall–Kier alpha value is -3.22. The van der Waals surface area contributed by atoms with E-state index in [0.29, 0.717) is 16.9 Å². The van der Waals surface area contributed by atoms with Crippen molar-refractivity contribution >= 4 is 26.8 Å². The minimum absolute atomic E-state index is 0.105. The minimum Gasteiger partial charge on any atom is -0.461 e. The van der Waals surface area contributed by atoms with E-state index < -0.39 is 16.1 Å². The zero-order valence-corrected chi connectivity index (χ0v) is 17.2. The summed E-state index contributed by atoms with van der Waals surface area (Å²) < 4.78 is 34.3. The van der Waals surface area contributed by atoms with Crippen LogP contribution in [0.5, 0.6) is 0 Å². The molecule has 4 rings (SSSR count). The number of sulfonamides is 1. The van der Waals surface area contributed by atoms with E-state index in [1.807, 2.05) is 43.3 Å². The summed E-state index contributed by atoms with van der Waals surface area (Å²) in [4.78, 5) is 13.3. The lowest BCUT2D eigenvalue weighted by Crippen LogP contribution is -2.42. The molecule has 1 atom stereocenters. The van der Waals surface area contributed by atoms with Crippen molar-refractivity contribution in [3.63, 3.8) is 0 Å². The number of hydrogen-bond donors (Lipinski definition) is 1. The number of para-hydroxylation sites is 1. The maximum absolute atomic E-state index is 13.2. The summed E-state index contributed by atoms with van der Waals surface area (Å²) in [6, 6.07) is 23.5. The van der Waals surface area contributed by atoms with Crippen LogP contribution < -0.4 is 4.72 Å². The quantitative estimate of drug-likeness (QED) is 0.447. The number of ketones is 1. The summed E-state index contributed by atoms with van der Waals surface area (Å²) in [5.74, 6) is 0.226. The molecule has 0 fully saturated rings. The van der Waals surface area contributed by atoms with Crippen molar-refractivity contribution in [2.24, 2.45) is 0 Å². The summed E-state index contributed by atoms with van der Waals surface area (Å²) in [6.07, 6.45) is 0.105. The van der Waals surface area contributed by atoms with E-state index in [4.69, 9.17) is 4.42 Å². The lowest BCUT2D eigenvalue weighted by Gasteiger charge is -2.17. The fraction of sp³-hybridized carbons (Fsp3) is 0.125. The van der Waals surface area contributed by atoms with Crippen LogP contribution in [-0.4, -0.2) is 20.2 Å². The van der Waals surface area contributed by atoms with Crippen molar-refractivity contribution in [3.8, 4) is 0 Å². The monoisotopic (exact) mass is 419 g/mol. The van der Waals surface area contributed by atoms with Gasteiger partial charge in [-0.2, -0.15) is 4.72 Å². The number of nitrogens with one attached hydrogen (secondary N) is 1. The van der Waals surface area contributed by atoms with Crippen molar-refractivity contribution < 1.29 is 17.6 Å². The van der Waals surface area contributed by atoms with E-state index in [1.54, 1.807) is 36.4 Å². The number of hydrogen-bond acceptors (Lipinski definition) is 4. The highest BCUT2D eigenvalue weighted by molar-refractivity contribution is 7.89. The fourth-order valence-electron chi connectivity index (χ4n) is 3.30. The minimum atomic E-state index is -3.89. The predicted molar refractivity (Wildman–Crippen MR) is 116 cm³/mol. The predicted octanol–water partition coefficient (Wildman–Crippen LogP) is 4.51. The molecule has 0 aliphatic rings. The Morgan fingerprint density at radius 1 is 0.933 bits per heavy atom. The molecule has 0 radical (unpaired) electrons. The Morgan fingerprint density at radius 3 is 2.30 bits per heavy atom. The number of carbonyl (C=O) groups excluding carboxylic acids is 1. The van der Waals surface area contributed by atoms with E-state index in [1.165, 1.54) is 12.1 Å². The number of fused-ring (bicyclic) bond motifs is 1. The van der Waals surface area contributed by atoms with Gasteiger partial charge < -0.3 is 4.42 Å². The summed E-state index contributed by atoms with van der Waals surface area (Å²) >= 11 is 0. The summed E-state index contributed by atoms with van der Waals surface area (Å²) in [7, 11) is -3.89. The molecule has 0 amide bonds. The second-order valence-electron chi connectivity index (χ2n) is 7.17. The lowest BCUT2D eigenvalue weighted by molar-refractivity contribution is 0.0950. The molecule has 0 saturated carbocycles. The van der Waals surface area contributed by atoms with Crippen LogP contribution in [-0.2, 0) is 16.4 Å². The van der Waals surface area contributed by atoms with Crippen molar-refractivity contribution in [2.75, 3.05) is 0 Å². The smallest absolute Gasteiger partial charge is 0.241 e. The second-order valence-corrected chi connectivity index (χ2v) is 8.89. The largest absolute Gasteiger partial charge is 0.461 e. The van der Waals surface area contributed by atoms with Gasteiger partial charge in [0.05, 0.1) is 10.9 Å². The highest BCUT2D eigenvalue weighted by Gasteiger charge is 2.28. The van der Waals surface area contributed by atoms with E-state index in [2.05, 4.69) is 4.72 Å². The van der Waals surface area contributed by atoms with Gasteiger partial charge in [-0.15, -0.1) is 0 Å². The van der Waals surface area contributed by atoms with Gasteiger partial charge in [-0.25, -0.2) is 8.42 Å². The first-order valence-electron chi connectivity index (χ1n) is 9.58. The Kier molecular flexibility index (Phi) is 5.53. The average molecular weight is 420 g/mol. The summed E-state index contributed by atoms with van der Waals surface area (Å²) in [6.45, 7) is 1.88. The van der Waals surface area contributed by atoms with Crippen LogP contribution in [0.15, 0.2) is 94.2 Å². The van der Waals surface area contributed by atoms with Gasteiger partial charge in [-0.3, -0.25) is 4.79 Å². The molecule has 152 valence electrons. The third-order valence-electron chi connectivity index (χ3n) is 4.89. The standard InChI is InChI=1S/C24H21NO4S/c1-17-11-13-21(14-12-17)30(27,28)25-22(24(26)18-7-3-2-4-8-18)16-20-15-19-9-5-6-10-23(19)29-20/h2-15,22,25H,16H2,1H3/t22-/m0/s1. The van der Waals surface area contributed by atoms with Crippen LogP contribution >= 0.6 is 0 Å². The van der Waals surface area contributed by atoms with Gasteiger partial charge in [-0.05, 0) is 31.2 Å². The topological polar surface area (TPSA) is 76.4 Å². The number of furan rings is 1. The zero-order chi connectivity index (χ0) is 21.1. The van der Waals surface area contributed by atoms with Crippen molar-refractivity contribution in [1.82, 2.24) is 4.72 Å². The molecule has 1 N–H and O–H groups in total. The van der Waals surface area contributed by atoms with E-state index >= 15 is 0 Å². The van der Waals surface area contributed by atoms with Crippen molar-refractivity contribution in [2.45, 2.75) is 24.3 Å². The van der Waals surface area contributed by atoms with E-state index in [-0.39, 0.29) is 17.1 Å². The molecule has 6 heteroatoms. The van der Waals surface area contributed by atoms with Crippen LogP contribution in [0.25, 0.3) is 11.0 Å². The van der Waals surface area contributed by atoms with Gasteiger partial charge in [0.1, 0.15) is 11.3 Å². The molecule has 0 saturated heterocycles. The molecule has 1 aromatic heterocycles. The molecule has 0 spiro atoms. The average Bonchev–Trinajstić information content (AvgIpc) is 3.16. The van der Waals surface area contributed by atoms with Crippen LogP contribution in [0, 0.1) is 6.92 Å². The van der Waals surface area contributed by atoms with Gasteiger partial charge in [-0.1, -0.05) is 66.2 Å². The molecule has 5 nitrogen and oxygen atoms in total. The second kappa shape index (κ2) is 8.26. The van der Waals surface area contributed by atoms with E-state index in [0.717, 1.165) is 10.9 Å². The van der Waals surface area contributed by atoms with Gasteiger partial charge in [0.15, 0.2) is 5.78 Å².